The van der Waals surface area contributed by atoms with Crippen LogP contribution < -0.4 is 0 Å². The third-order valence-electron chi connectivity index (χ3n) is 11.0. The van der Waals surface area contributed by atoms with Crippen LogP contribution in [0.5, 0.6) is 0 Å². The highest BCUT2D eigenvalue weighted by molar-refractivity contribution is 7.47. The van der Waals surface area contributed by atoms with Gasteiger partial charge in [0.05, 0.1) is 13.2 Å². The van der Waals surface area contributed by atoms with Gasteiger partial charge in [-0.25, -0.2) is 4.57 Å². The Morgan fingerprint density at radius 2 is 0.908 bits per heavy atom. The SMILES string of the molecule is CC/C=C\C/C=C\C/C=C\C/C=C\C/C=C\C/C=C\CCCCCCC(=O)OC(COCCCCCCCC/C=C\CCCCCCC)COP(=O)(O)OC1C(O)C(O)C(O)C(O)C1O. The number of esters is 1. The van der Waals surface area contributed by atoms with Crippen LogP contribution in [0.4, 0.5) is 0 Å². The molecule has 0 amide bonds. The minimum absolute atomic E-state index is 0.0963. The van der Waals surface area contributed by atoms with Gasteiger partial charge in [-0.05, 0) is 89.9 Å². The van der Waals surface area contributed by atoms with E-state index in [1.807, 2.05) is 0 Å². The molecule has 1 fully saturated rings. The van der Waals surface area contributed by atoms with Gasteiger partial charge >= 0.3 is 13.8 Å². The lowest BCUT2D eigenvalue weighted by Crippen LogP contribution is -2.64. The van der Waals surface area contributed by atoms with Crippen molar-refractivity contribution in [1.82, 2.24) is 0 Å². The average molecular weight is 937 g/mol. The zero-order chi connectivity index (χ0) is 47.6. The predicted octanol–water partition coefficient (Wildman–Crippen LogP) is 10.9. The highest BCUT2D eigenvalue weighted by atomic mass is 31.2. The lowest BCUT2D eigenvalue weighted by Gasteiger charge is -2.41. The number of ether oxygens (including phenoxy) is 2. The summed E-state index contributed by atoms with van der Waals surface area (Å²) in [4.78, 5) is 23.2. The second-order valence-electron chi connectivity index (χ2n) is 16.9. The third kappa shape index (κ3) is 33.6. The molecule has 0 aromatic heterocycles. The van der Waals surface area contributed by atoms with E-state index in [9.17, 15) is 39.8 Å². The van der Waals surface area contributed by atoms with Crippen molar-refractivity contribution in [2.75, 3.05) is 19.8 Å². The molecule has 0 aliphatic heterocycles. The second-order valence-corrected chi connectivity index (χ2v) is 18.3. The van der Waals surface area contributed by atoms with Gasteiger partial charge in [-0.2, -0.15) is 0 Å². The summed E-state index contributed by atoms with van der Waals surface area (Å²) in [6.07, 6.45) is 43.6. The van der Waals surface area contributed by atoms with E-state index in [1.54, 1.807) is 0 Å². The first-order valence-electron chi connectivity index (χ1n) is 24.9. The maximum atomic E-state index is 12.8. The Bertz CT molecular complexity index is 1390. The van der Waals surface area contributed by atoms with Gasteiger partial charge in [0.15, 0.2) is 0 Å². The smallest absolute Gasteiger partial charge is 0.457 e. The molecule has 1 aliphatic rings. The molecule has 1 aliphatic carbocycles. The number of aliphatic hydroxyl groups is 5. The van der Waals surface area contributed by atoms with E-state index < -0.39 is 63.1 Å². The molecule has 13 heteroatoms. The summed E-state index contributed by atoms with van der Waals surface area (Å²) in [5.41, 5.74) is 0. The molecule has 0 aromatic rings. The van der Waals surface area contributed by atoms with Crippen LogP contribution in [0.3, 0.4) is 0 Å². The maximum absolute atomic E-state index is 12.8. The first kappa shape index (κ1) is 60.5. The summed E-state index contributed by atoms with van der Waals surface area (Å²) in [5.74, 6) is -0.506. The summed E-state index contributed by atoms with van der Waals surface area (Å²) >= 11 is 0. The fourth-order valence-electron chi connectivity index (χ4n) is 7.06. The van der Waals surface area contributed by atoms with Crippen molar-refractivity contribution in [1.29, 1.82) is 0 Å². The number of phosphoric ester groups is 1. The molecule has 0 bridgehead atoms. The molecule has 6 atom stereocenters. The summed E-state index contributed by atoms with van der Waals surface area (Å²) in [6, 6.07) is 0. The van der Waals surface area contributed by atoms with E-state index in [4.69, 9.17) is 18.5 Å². The predicted molar refractivity (Wildman–Crippen MR) is 262 cm³/mol. The largest absolute Gasteiger partial charge is 0.472 e. The van der Waals surface area contributed by atoms with Gasteiger partial charge < -0.3 is 39.9 Å². The molecular formula is C52H89O12P. The Balaban J connectivity index is 2.39. The molecule has 1 saturated carbocycles. The highest BCUT2D eigenvalue weighted by Crippen LogP contribution is 2.47. The van der Waals surface area contributed by atoms with Crippen LogP contribution in [-0.4, -0.2) is 98.9 Å². The Kier molecular flexibility index (Phi) is 38.8. The zero-order valence-corrected chi connectivity index (χ0v) is 40.9. The first-order valence-corrected chi connectivity index (χ1v) is 26.4. The molecule has 0 aromatic carbocycles. The van der Waals surface area contributed by atoms with Crippen LogP contribution in [0.25, 0.3) is 0 Å². The van der Waals surface area contributed by atoms with Crippen molar-refractivity contribution < 1.29 is 58.3 Å². The molecule has 0 radical (unpaired) electrons. The van der Waals surface area contributed by atoms with E-state index >= 15 is 0 Å². The van der Waals surface area contributed by atoms with Crippen molar-refractivity contribution in [2.24, 2.45) is 0 Å². The van der Waals surface area contributed by atoms with Crippen LogP contribution in [0.1, 0.15) is 174 Å². The quantitative estimate of drug-likeness (QED) is 0.0147. The van der Waals surface area contributed by atoms with Crippen molar-refractivity contribution in [3.8, 4) is 0 Å². The third-order valence-corrected chi connectivity index (χ3v) is 12.0. The van der Waals surface area contributed by atoms with Gasteiger partial charge in [-0.1, -0.05) is 163 Å². The van der Waals surface area contributed by atoms with Crippen LogP contribution in [0.2, 0.25) is 0 Å². The normalized spacial score (nSPS) is 22.3. The number of aliphatic hydroxyl groups excluding tert-OH is 5. The fraction of sp³-hybridized carbons (Fsp3) is 0.712. The Hall–Kier alpha value is -2.48. The van der Waals surface area contributed by atoms with Gasteiger partial charge in [0.1, 0.15) is 42.7 Å². The molecule has 6 unspecified atom stereocenters. The lowest BCUT2D eigenvalue weighted by molar-refractivity contribution is -0.220. The van der Waals surface area contributed by atoms with Gasteiger partial charge in [0.2, 0.25) is 0 Å². The summed E-state index contributed by atoms with van der Waals surface area (Å²) in [5, 5.41) is 50.3. The zero-order valence-electron chi connectivity index (χ0n) is 40.0. The standard InChI is InChI=1S/C52H89O12P/c1-3-5-7-9-11-13-15-17-19-20-21-22-23-24-25-26-27-29-31-33-35-37-39-41-46(53)63-45(44-62-65(59,60)64-52-50(57)48(55)47(54)49(56)51(52)58)43-61-42-40-38-36-34-32-30-28-18-16-14-12-10-8-6-4-2/h5,7,11,13,16-19,21-22,24-25,27,29,45,47-52,54-58H,3-4,6,8-10,12,14-15,20,23,26,28,30-44H2,1-2H3,(H,59,60)/b7-5-,13-11-,18-16-,19-17-,22-21-,25-24-,29-27-. The van der Waals surface area contributed by atoms with Gasteiger partial charge in [0, 0.05) is 13.0 Å². The topological polar surface area (TPSA) is 192 Å². The van der Waals surface area contributed by atoms with Gasteiger partial charge in [-0.3, -0.25) is 13.8 Å². The van der Waals surface area contributed by atoms with Crippen molar-refractivity contribution in [3.05, 3.63) is 85.1 Å². The molecule has 65 heavy (non-hydrogen) atoms. The van der Waals surface area contributed by atoms with Crippen LogP contribution in [0.15, 0.2) is 85.1 Å². The number of hydrogen-bond acceptors (Lipinski definition) is 11. The van der Waals surface area contributed by atoms with Gasteiger partial charge in [0.25, 0.3) is 0 Å². The van der Waals surface area contributed by atoms with E-state index in [2.05, 4.69) is 98.9 Å². The molecule has 0 heterocycles. The van der Waals surface area contributed by atoms with E-state index in [0.29, 0.717) is 13.0 Å². The molecule has 0 saturated heterocycles. The average Bonchev–Trinajstić information content (AvgIpc) is 3.29. The highest BCUT2D eigenvalue weighted by Gasteiger charge is 2.51. The Morgan fingerprint density at radius 3 is 1.40 bits per heavy atom. The van der Waals surface area contributed by atoms with E-state index in [0.717, 1.165) is 96.3 Å². The number of allylic oxidation sites excluding steroid dienone is 14. The Labute approximate surface area is 392 Å². The summed E-state index contributed by atoms with van der Waals surface area (Å²) in [6.45, 7) is 4.09. The molecule has 6 N–H and O–H groups in total. The first-order chi connectivity index (χ1) is 31.5. The van der Waals surface area contributed by atoms with E-state index in [-0.39, 0.29) is 13.0 Å². The lowest BCUT2D eigenvalue weighted by atomic mass is 9.85. The molecule has 0 spiro atoms. The maximum Gasteiger partial charge on any atom is 0.472 e. The fourth-order valence-corrected chi connectivity index (χ4v) is 8.03. The van der Waals surface area contributed by atoms with Crippen molar-refractivity contribution in [2.45, 2.75) is 217 Å². The Morgan fingerprint density at radius 1 is 0.508 bits per heavy atom. The number of unbranched alkanes of at least 4 members (excludes halogenated alkanes) is 15. The molecule has 374 valence electrons. The van der Waals surface area contributed by atoms with Crippen LogP contribution in [-0.2, 0) is 27.9 Å². The van der Waals surface area contributed by atoms with Crippen molar-refractivity contribution >= 4 is 13.8 Å². The number of carbonyl (C=O) groups is 1. The monoisotopic (exact) mass is 937 g/mol. The van der Waals surface area contributed by atoms with Crippen molar-refractivity contribution in [3.63, 3.8) is 0 Å². The molecule has 12 nitrogen and oxygen atoms in total. The van der Waals surface area contributed by atoms with Gasteiger partial charge in [-0.15, -0.1) is 0 Å². The van der Waals surface area contributed by atoms with Crippen LogP contribution in [0, 0.1) is 0 Å². The number of hydrogen-bond donors (Lipinski definition) is 6. The minimum atomic E-state index is -5.04. The summed E-state index contributed by atoms with van der Waals surface area (Å²) < 4.78 is 34.2. The second kappa shape index (κ2) is 41.7. The number of phosphoric acid groups is 1. The number of carbonyl (C=O) groups excluding carboxylic acids is 1. The molecule has 1 rings (SSSR count). The summed E-state index contributed by atoms with van der Waals surface area (Å²) in [7, 11) is -5.04. The minimum Gasteiger partial charge on any atom is -0.457 e. The molecular weight excluding hydrogens is 848 g/mol. The number of rotatable bonds is 41. The van der Waals surface area contributed by atoms with E-state index in [1.165, 1.54) is 51.4 Å². The van der Waals surface area contributed by atoms with Crippen LogP contribution >= 0.6 is 7.82 Å².